The fourth-order valence-electron chi connectivity index (χ4n) is 1.63. The van der Waals surface area contributed by atoms with Crippen LogP contribution in [0.1, 0.15) is 18.2 Å². The molecule has 0 radical (unpaired) electrons. The highest BCUT2D eigenvalue weighted by Gasteiger charge is 2.06. The summed E-state index contributed by atoms with van der Waals surface area (Å²) >= 11 is 3.38. The van der Waals surface area contributed by atoms with Gasteiger partial charge in [0.25, 0.3) is 0 Å². The summed E-state index contributed by atoms with van der Waals surface area (Å²) in [4.78, 5) is 11.8. The van der Waals surface area contributed by atoms with Gasteiger partial charge in [-0.2, -0.15) is 5.10 Å². The van der Waals surface area contributed by atoms with Crippen LogP contribution in [0.2, 0.25) is 0 Å². The molecule has 0 aliphatic rings. The van der Waals surface area contributed by atoms with Crippen LogP contribution in [-0.4, -0.2) is 16.1 Å². The average Bonchev–Trinajstić information content (AvgIpc) is 2.76. The summed E-state index contributed by atoms with van der Waals surface area (Å²) in [5.41, 5.74) is 1.97. The van der Waals surface area contributed by atoms with E-state index in [-0.39, 0.29) is 5.91 Å². The number of H-pyrrole nitrogens is 1. The molecular formula is C13H14BrN3O. The van der Waals surface area contributed by atoms with Crippen LogP contribution in [-0.2, 0) is 17.6 Å². The highest BCUT2D eigenvalue weighted by Crippen LogP contribution is 2.13. The first-order valence-electron chi connectivity index (χ1n) is 5.76. The van der Waals surface area contributed by atoms with Gasteiger partial charge in [0.2, 0.25) is 5.91 Å². The number of aromatic amines is 1. The summed E-state index contributed by atoms with van der Waals surface area (Å²) in [6.45, 7) is 2.03. The van der Waals surface area contributed by atoms with Gasteiger partial charge in [-0.15, -0.1) is 0 Å². The Labute approximate surface area is 114 Å². The molecule has 1 aromatic carbocycles. The summed E-state index contributed by atoms with van der Waals surface area (Å²) in [7, 11) is 0. The minimum Gasteiger partial charge on any atom is -0.309 e. The van der Waals surface area contributed by atoms with Gasteiger partial charge in [0.1, 0.15) is 0 Å². The number of carbonyl (C=O) groups excluding carboxylic acids is 1. The van der Waals surface area contributed by atoms with Crippen molar-refractivity contribution in [3.8, 4) is 0 Å². The van der Waals surface area contributed by atoms with E-state index in [2.05, 4.69) is 31.4 Å². The zero-order valence-electron chi connectivity index (χ0n) is 10.0. The average molecular weight is 308 g/mol. The lowest BCUT2D eigenvalue weighted by atomic mass is 10.1. The van der Waals surface area contributed by atoms with Crippen molar-refractivity contribution in [2.45, 2.75) is 19.8 Å². The minimum absolute atomic E-state index is 0.0674. The lowest BCUT2D eigenvalue weighted by molar-refractivity contribution is -0.115. The molecule has 0 aliphatic heterocycles. The summed E-state index contributed by atoms with van der Waals surface area (Å²) in [6.07, 6.45) is 1.21. The maximum absolute atomic E-state index is 11.8. The monoisotopic (exact) mass is 307 g/mol. The van der Waals surface area contributed by atoms with E-state index in [1.807, 2.05) is 37.3 Å². The predicted octanol–water partition coefficient (Wildman–Crippen LogP) is 2.92. The van der Waals surface area contributed by atoms with Gasteiger partial charge in [-0.05, 0) is 24.1 Å². The Kier molecular flexibility index (Phi) is 4.15. The molecule has 0 saturated heterocycles. The first kappa shape index (κ1) is 12.8. The molecule has 1 heterocycles. The summed E-state index contributed by atoms with van der Waals surface area (Å²) in [5, 5.41) is 9.65. The van der Waals surface area contributed by atoms with E-state index in [1.165, 1.54) is 0 Å². The Bertz CT molecular complexity index is 551. The Hall–Kier alpha value is -1.62. The van der Waals surface area contributed by atoms with E-state index in [1.54, 1.807) is 0 Å². The van der Waals surface area contributed by atoms with Crippen molar-refractivity contribution in [1.82, 2.24) is 10.2 Å². The van der Waals surface area contributed by atoms with Crippen molar-refractivity contribution in [2.24, 2.45) is 0 Å². The maximum Gasteiger partial charge on any atom is 0.229 e. The number of halogens is 1. The van der Waals surface area contributed by atoms with Gasteiger partial charge >= 0.3 is 0 Å². The van der Waals surface area contributed by atoms with Crippen molar-refractivity contribution in [3.63, 3.8) is 0 Å². The third-order valence-corrected chi connectivity index (χ3v) is 3.03. The Morgan fingerprint density at radius 1 is 1.44 bits per heavy atom. The molecule has 18 heavy (non-hydrogen) atoms. The SMILES string of the molecule is CCc1cc(NC(=O)Cc2cccc(Br)c2)n[nH]1. The van der Waals surface area contributed by atoms with Gasteiger partial charge < -0.3 is 5.32 Å². The van der Waals surface area contributed by atoms with Crippen LogP contribution in [0, 0.1) is 0 Å². The van der Waals surface area contributed by atoms with Gasteiger partial charge in [-0.25, -0.2) is 0 Å². The van der Waals surface area contributed by atoms with Gasteiger partial charge in [0.05, 0.1) is 6.42 Å². The van der Waals surface area contributed by atoms with E-state index in [0.29, 0.717) is 12.2 Å². The molecule has 2 N–H and O–H groups in total. The molecule has 2 aromatic rings. The van der Waals surface area contributed by atoms with Crippen molar-refractivity contribution in [3.05, 3.63) is 46.1 Å². The number of hydrogen-bond donors (Lipinski definition) is 2. The number of nitrogens with zero attached hydrogens (tertiary/aromatic N) is 1. The van der Waals surface area contributed by atoms with Crippen molar-refractivity contribution in [1.29, 1.82) is 0 Å². The second-order valence-corrected chi connectivity index (χ2v) is 4.90. The number of aryl methyl sites for hydroxylation is 1. The molecule has 94 valence electrons. The molecule has 5 heteroatoms. The Morgan fingerprint density at radius 2 is 2.28 bits per heavy atom. The number of benzene rings is 1. The lowest BCUT2D eigenvalue weighted by Gasteiger charge is -2.02. The molecule has 0 fully saturated rings. The number of rotatable bonds is 4. The third-order valence-electron chi connectivity index (χ3n) is 2.53. The number of aromatic nitrogens is 2. The van der Waals surface area contributed by atoms with Crippen LogP contribution in [0.15, 0.2) is 34.8 Å². The zero-order chi connectivity index (χ0) is 13.0. The fourth-order valence-corrected chi connectivity index (χ4v) is 2.07. The second-order valence-electron chi connectivity index (χ2n) is 3.99. The summed E-state index contributed by atoms with van der Waals surface area (Å²) < 4.78 is 0.973. The number of amides is 1. The van der Waals surface area contributed by atoms with Crippen LogP contribution in [0.3, 0.4) is 0 Å². The normalized spacial score (nSPS) is 10.3. The number of nitrogens with one attached hydrogen (secondary N) is 2. The molecule has 0 saturated carbocycles. The minimum atomic E-state index is -0.0674. The van der Waals surface area contributed by atoms with Crippen molar-refractivity contribution in [2.75, 3.05) is 5.32 Å². The molecule has 1 aromatic heterocycles. The second kappa shape index (κ2) is 5.82. The largest absolute Gasteiger partial charge is 0.309 e. The van der Waals surface area contributed by atoms with Gasteiger partial charge in [-0.3, -0.25) is 9.89 Å². The van der Waals surface area contributed by atoms with Crippen molar-refractivity contribution < 1.29 is 4.79 Å². The van der Waals surface area contributed by atoms with E-state index in [4.69, 9.17) is 0 Å². The molecule has 0 aliphatic carbocycles. The summed E-state index contributed by atoms with van der Waals surface area (Å²) in [5.74, 6) is 0.508. The molecule has 0 spiro atoms. The predicted molar refractivity (Wildman–Crippen MR) is 74.4 cm³/mol. The van der Waals surface area contributed by atoms with E-state index < -0.39 is 0 Å². The first-order chi connectivity index (χ1) is 8.67. The highest BCUT2D eigenvalue weighted by atomic mass is 79.9. The highest BCUT2D eigenvalue weighted by molar-refractivity contribution is 9.10. The van der Waals surface area contributed by atoms with Crippen molar-refractivity contribution >= 4 is 27.7 Å². The van der Waals surface area contributed by atoms with Gasteiger partial charge in [0.15, 0.2) is 5.82 Å². The molecule has 0 atom stereocenters. The molecular weight excluding hydrogens is 294 g/mol. The molecule has 0 unspecified atom stereocenters. The third kappa shape index (κ3) is 3.43. The Balaban J connectivity index is 1.96. The first-order valence-corrected chi connectivity index (χ1v) is 6.55. The van der Waals surface area contributed by atoms with Gasteiger partial charge in [-0.1, -0.05) is 35.0 Å². The molecule has 0 bridgehead atoms. The quantitative estimate of drug-likeness (QED) is 0.912. The standard InChI is InChI=1S/C13H14BrN3O/c1-2-11-8-12(17-16-11)15-13(18)7-9-4-3-5-10(14)6-9/h3-6,8H,2,7H2,1H3,(H2,15,16,17,18). The fraction of sp³-hybridized carbons (Fsp3) is 0.231. The van der Waals surface area contributed by atoms with Crippen LogP contribution < -0.4 is 5.32 Å². The van der Waals surface area contributed by atoms with E-state index in [0.717, 1.165) is 22.2 Å². The van der Waals surface area contributed by atoms with Crippen LogP contribution >= 0.6 is 15.9 Å². The van der Waals surface area contributed by atoms with E-state index in [9.17, 15) is 4.79 Å². The molecule has 1 amide bonds. The van der Waals surface area contributed by atoms with Crippen LogP contribution in [0.25, 0.3) is 0 Å². The zero-order valence-corrected chi connectivity index (χ0v) is 11.6. The number of hydrogen-bond acceptors (Lipinski definition) is 2. The lowest BCUT2D eigenvalue weighted by Crippen LogP contribution is -2.14. The molecule has 4 nitrogen and oxygen atoms in total. The van der Waals surface area contributed by atoms with Crippen LogP contribution in [0.5, 0.6) is 0 Å². The van der Waals surface area contributed by atoms with E-state index >= 15 is 0 Å². The topological polar surface area (TPSA) is 57.8 Å². The maximum atomic E-state index is 11.8. The van der Waals surface area contributed by atoms with Crippen LogP contribution in [0.4, 0.5) is 5.82 Å². The molecule has 2 rings (SSSR count). The number of anilines is 1. The summed E-state index contributed by atoms with van der Waals surface area (Å²) in [6, 6.07) is 9.55. The Morgan fingerprint density at radius 3 is 2.94 bits per heavy atom. The van der Waals surface area contributed by atoms with Gasteiger partial charge in [0, 0.05) is 16.2 Å². The smallest absolute Gasteiger partial charge is 0.229 e. The number of carbonyl (C=O) groups is 1.